The number of rotatable bonds is 6. The lowest BCUT2D eigenvalue weighted by molar-refractivity contribution is 0.343. The fourth-order valence-electron chi connectivity index (χ4n) is 2.01. The molecule has 0 amide bonds. The highest BCUT2D eigenvalue weighted by Gasteiger charge is 2.25. The lowest BCUT2D eigenvalue weighted by Crippen LogP contribution is -2.03. The molecule has 0 unspecified atom stereocenters. The van der Waals surface area contributed by atoms with E-state index in [0.29, 0.717) is 24.0 Å². The maximum Gasteiger partial charge on any atom is 0.168 e. The maximum absolute atomic E-state index is 8.98. The first-order chi connectivity index (χ1) is 9.88. The van der Waals surface area contributed by atoms with Gasteiger partial charge in [0, 0.05) is 24.2 Å². The van der Waals surface area contributed by atoms with Crippen molar-refractivity contribution in [1.29, 1.82) is 5.26 Å². The van der Waals surface area contributed by atoms with Crippen LogP contribution < -0.4 is 4.74 Å². The molecule has 0 saturated heterocycles. The van der Waals surface area contributed by atoms with Gasteiger partial charge in [0.1, 0.15) is 11.8 Å². The van der Waals surface area contributed by atoms with Crippen LogP contribution in [0.25, 0.3) is 0 Å². The van der Waals surface area contributed by atoms with E-state index in [1.54, 1.807) is 17.8 Å². The van der Waals surface area contributed by atoms with E-state index in [9.17, 15) is 0 Å². The minimum atomic E-state index is 0.570. The van der Waals surface area contributed by atoms with Gasteiger partial charge in [0.05, 0.1) is 12.2 Å². The molecule has 0 aliphatic heterocycles. The second-order valence-corrected chi connectivity index (χ2v) is 5.72. The van der Waals surface area contributed by atoms with Gasteiger partial charge in [0.25, 0.3) is 0 Å². The molecule has 0 spiro atoms. The van der Waals surface area contributed by atoms with Crippen LogP contribution in [-0.4, -0.2) is 21.9 Å². The zero-order chi connectivity index (χ0) is 13.8. The van der Waals surface area contributed by atoms with Crippen LogP contribution >= 0.6 is 11.8 Å². The van der Waals surface area contributed by atoms with E-state index in [-0.39, 0.29) is 0 Å². The Morgan fingerprint density at radius 3 is 3.05 bits per heavy atom. The van der Waals surface area contributed by atoms with Crippen molar-refractivity contribution in [1.82, 2.24) is 9.55 Å². The molecule has 0 N–H and O–H groups in total. The van der Waals surface area contributed by atoms with Crippen LogP contribution in [0.1, 0.15) is 24.4 Å². The van der Waals surface area contributed by atoms with Crippen LogP contribution in [-0.2, 0) is 0 Å². The Labute approximate surface area is 122 Å². The van der Waals surface area contributed by atoms with Crippen molar-refractivity contribution in [3.8, 4) is 11.8 Å². The molecule has 1 fully saturated rings. The normalized spacial score (nSPS) is 13.9. The van der Waals surface area contributed by atoms with E-state index in [2.05, 4.69) is 15.6 Å². The maximum atomic E-state index is 8.98. The summed E-state index contributed by atoms with van der Waals surface area (Å²) in [6.45, 7) is 0.570. The number of nitriles is 1. The Hall–Kier alpha value is -1.93. The summed E-state index contributed by atoms with van der Waals surface area (Å²) in [4.78, 5) is 4.37. The third-order valence-corrected chi connectivity index (χ3v) is 4.10. The zero-order valence-electron chi connectivity index (χ0n) is 11.0. The third kappa shape index (κ3) is 2.97. The van der Waals surface area contributed by atoms with E-state index < -0.39 is 0 Å². The summed E-state index contributed by atoms with van der Waals surface area (Å²) in [6.07, 6.45) is 6.42. The molecule has 5 heteroatoms. The Morgan fingerprint density at radius 2 is 2.25 bits per heavy atom. The summed E-state index contributed by atoms with van der Waals surface area (Å²) in [6, 6.07) is 10.1. The van der Waals surface area contributed by atoms with Crippen molar-refractivity contribution in [2.24, 2.45) is 0 Å². The monoisotopic (exact) mass is 285 g/mol. The molecule has 1 aromatic carbocycles. The van der Waals surface area contributed by atoms with Crippen molar-refractivity contribution >= 4 is 11.8 Å². The SMILES string of the molecule is N#Cc1ccccc1OCCSc1nccn1C1CC1. The molecule has 2 aromatic rings. The molecule has 102 valence electrons. The minimum Gasteiger partial charge on any atom is -0.491 e. The van der Waals surface area contributed by atoms with Gasteiger partial charge in [-0.2, -0.15) is 5.26 Å². The van der Waals surface area contributed by atoms with E-state index in [1.807, 2.05) is 30.6 Å². The quantitative estimate of drug-likeness (QED) is 0.604. The number of aromatic nitrogens is 2. The molecule has 3 rings (SSSR count). The van der Waals surface area contributed by atoms with Gasteiger partial charge >= 0.3 is 0 Å². The first-order valence-corrected chi connectivity index (χ1v) is 7.64. The van der Waals surface area contributed by atoms with Crippen molar-refractivity contribution < 1.29 is 4.74 Å². The van der Waals surface area contributed by atoms with Crippen LogP contribution in [0, 0.1) is 11.3 Å². The molecule has 1 saturated carbocycles. The largest absolute Gasteiger partial charge is 0.491 e. The molecular formula is C15H15N3OS. The lowest BCUT2D eigenvalue weighted by atomic mass is 10.2. The minimum absolute atomic E-state index is 0.570. The second kappa shape index (κ2) is 6.02. The molecule has 1 aliphatic carbocycles. The summed E-state index contributed by atoms with van der Waals surface area (Å²) in [7, 11) is 0. The van der Waals surface area contributed by atoms with Crippen LogP contribution in [0.5, 0.6) is 5.75 Å². The molecule has 1 heterocycles. The molecule has 0 bridgehead atoms. The molecule has 4 nitrogen and oxygen atoms in total. The number of para-hydroxylation sites is 1. The number of hydrogen-bond donors (Lipinski definition) is 0. The van der Waals surface area contributed by atoms with Gasteiger partial charge in [-0.05, 0) is 25.0 Å². The first kappa shape index (κ1) is 13.1. The average Bonchev–Trinajstić information content (AvgIpc) is 3.23. The number of imidazole rings is 1. The van der Waals surface area contributed by atoms with Crippen LogP contribution in [0.4, 0.5) is 0 Å². The fourth-order valence-corrected chi connectivity index (χ4v) is 2.85. The number of nitrogens with zero attached hydrogens (tertiary/aromatic N) is 3. The summed E-state index contributed by atoms with van der Waals surface area (Å²) in [5, 5.41) is 10.0. The first-order valence-electron chi connectivity index (χ1n) is 6.66. The van der Waals surface area contributed by atoms with Crippen molar-refractivity contribution in [3.05, 3.63) is 42.2 Å². The zero-order valence-corrected chi connectivity index (χ0v) is 11.8. The molecule has 1 aliphatic rings. The van der Waals surface area contributed by atoms with Gasteiger partial charge in [-0.15, -0.1) is 0 Å². The second-order valence-electron chi connectivity index (χ2n) is 4.65. The van der Waals surface area contributed by atoms with Crippen LogP contribution in [0.15, 0.2) is 41.8 Å². The predicted octanol–water partition coefficient (Wildman–Crippen LogP) is 3.26. The molecule has 1 aromatic heterocycles. The Morgan fingerprint density at radius 1 is 1.40 bits per heavy atom. The molecule has 0 radical (unpaired) electrons. The Bertz CT molecular complexity index is 628. The highest BCUT2D eigenvalue weighted by atomic mass is 32.2. The van der Waals surface area contributed by atoms with Crippen molar-refractivity contribution in [2.45, 2.75) is 24.0 Å². The van der Waals surface area contributed by atoms with Crippen molar-refractivity contribution in [2.75, 3.05) is 12.4 Å². The summed E-state index contributed by atoms with van der Waals surface area (Å²) >= 11 is 1.70. The van der Waals surface area contributed by atoms with Gasteiger partial charge in [0.2, 0.25) is 0 Å². The Balaban J connectivity index is 1.51. The van der Waals surface area contributed by atoms with Crippen LogP contribution in [0.3, 0.4) is 0 Å². The van der Waals surface area contributed by atoms with Gasteiger partial charge in [-0.3, -0.25) is 0 Å². The predicted molar refractivity (Wildman–Crippen MR) is 77.9 cm³/mol. The molecular weight excluding hydrogens is 270 g/mol. The molecule has 20 heavy (non-hydrogen) atoms. The van der Waals surface area contributed by atoms with Gasteiger partial charge in [-0.1, -0.05) is 23.9 Å². The number of thioether (sulfide) groups is 1. The van der Waals surface area contributed by atoms with Gasteiger partial charge in [0.15, 0.2) is 5.16 Å². The van der Waals surface area contributed by atoms with Crippen LogP contribution in [0.2, 0.25) is 0 Å². The lowest BCUT2D eigenvalue weighted by Gasteiger charge is -2.08. The van der Waals surface area contributed by atoms with E-state index in [0.717, 1.165) is 10.9 Å². The summed E-state index contributed by atoms with van der Waals surface area (Å²) in [5.41, 5.74) is 0.581. The standard InChI is InChI=1S/C15H15N3OS/c16-11-12-3-1-2-4-14(12)19-9-10-20-15-17-7-8-18(15)13-5-6-13/h1-4,7-8,13H,5-6,9-10H2. The molecule has 0 atom stereocenters. The highest BCUT2D eigenvalue weighted by Crippen LogP contribution is 2.37. The van der Waals surface area contributed by atoms with E-state index in [4.69, 9.17) is 10.00 Å². The van der Waals surface area contributed by atoms with Crippen molar-refractivity contribution in [3.63, 3.8) is 0 Å². The Kier molecular flexibility index (Phi) is 3.93. The summed E-state index contributed by atoms with van der Waals surface area (Å²) < 4.78 is 7.91. The fraction of sp³-hybridized carbons (Fsp3) is 0.333. The average molecular weight is 285 g/mol. The van der Waals surface area contributed by atoms with Gasteiger partial charge in [-0.25, -0.2) is 4.98 Å². The topological polar surface area (TPSA) is 50.8 Å². The van der Waals surface area contributed by atoms with Gasteiger partial charge < -0.3 is 9.30 Å². The number of ether oxygens (including phenoxy) is 1. The third-order valence-electron chi connectivity index (χ3n) is 3.15. The smallest absolute Gasteiger partial charge is 0.168 e. The van der Waals surface area contributed by atoms with E-state index in [1.165, 1.54) is 12.8 Å². The number of hydrogen-bond acceptors (Lipinski definition) is 4. The summed E-state index contributed by atoms with van der Waals surface area (Å²) in [5.74, 6) is 1.48. The highest BCUT2D eigenvalue weighted by molar-refractivity contribution is 7.99. The number of benzene rings is 1. The van der Waals surface area contributed by atoms with E-state index >= 15 is 0 Å².